The van der Waals surface area contributed by atoms with Gasteiger partial charge in [0.2, 0.25) is 0 Å². The molecule has 1 aromatic carbocycles. The third kappa shape index (κ3) is 3.17. The minimum Gasteiger partial charge on any atom is -0.396 e. The van der Waals surface area contributed by atoms with Crippen molar-refractivity contribution in [3.05, 3.63) is 39.9 Å². The number of benzene rings is 1. The summed E-state index contributed by atoms with van der Waals surface area (Å²) in [6, 6.07) is 4.91. The lowest BCUT2D eigenvalue weighted by atomic mass is 10.3. The Morgan fingerprint density at radius 1 is 1.40 bits per heavy atom. The maximum Gasteiger partial charge on any atom is 0.147 e. The molecule has 0 amide bonds. The van der Waals surface area contributed by atoms with Crippen LogP contribution in [0.5, 0.6) is 0 Å². The molecule has 0 radical (unpaired) electrons. The number of rotatable bonds is 5. The Hall–Kier alpha value is -1.01. The number of nitrogens with two attached hydrogens (primary N) is 1. The Labute approximate surface area is 130 Å². The average Bonchev–Trinajstić information content (AvgIpc) is 2.76. The normalized spacial score (nSPS) is 11.0. The first kappa shape index (κ1) is 15.4. The van der Waals surface area contributed by atoms with Gasteiger partial charge in [0.25, 0.3) is 0 Å². The molecule has 0 unspecified atom stereocenters. The van der Waals surface area contributed by atoms with Gasteiger partial charge in [0.05, 0.1) is 21.5 Å². The molecule has 3 nitrogen and oxygen atoms in total. The molecule has 0 aliphatic rings. The lowest BCUT2D eigenvalue weighted by molar-refractivity contribution is 0.626. The van der Waals surface area contributed by atoms with Gasteiger partial charge in [0, 0.05) is 17.2 Å². The van der Waals surface area contributed by atoms with Gasteiger partial charge in [-0.05, 0) is 47.5 Å². The van der Waals surface area contributed by atoms with Crippen LogP contribution in [0.1, 0.15) is 25.2 Å². The topological polar surface area (TPSA) is 43.8 Å². The Balaban J connectivity index is 2.17. The van der Waals surface area contributed by atoms with E-state index in [2.05, 4.69) is 34.9 Å². The zero-order valence-corrected chi connectivity index (χ0v) is 13.9. The van der Waals surface area contributed by atoms with Gasteiger partial charge in [0.1, 0.15) is 5.82 Å². The summed E-state index contributed by atoms with van der Waals surface area (Å²) in [6.45, 7) is 4.97. The standard InChI is InChI=1S/C14H17BrFN3S/c1-3-12-14(15)13(19(4-2)18-12)8-20-9-5-6-11(17)10(16)7-9/h5-7H,3-4,8,17H2,1-2H3. The van der Waals surface area contributed by atoms with E-state index in [-0.39, 0.29) is 11.5 Å². The van der Waals surface area contributed by atoms with Gasteiger partial charge >= 0.3 is 0 Å². The van der Waals surface area contributed by atoms with Crippen LogP contribution in [0.15, 0.2) is 27.6 Å². The molecule has 0 saturated heterocycles. The first-order valence-electron chi connectivity index (χ1n) is 6.48. The van der Waals surface area contributed by atoms with Crippen molar-refractivity contribution in [2.24, 2.45) is 0 Å². The van der Waals surface area contributed by atoms with Crippen molar-refractivity contribution in [3.63, 3.8) is 0 Å². The van der Waals surface area contributed by atoms with E-state index in [0.717, 1.165) is 39.5 Å². The van der Waals surface area contributed by atoms with Crippen molar-refractivity contribution in [2.45, 2.75) is 37.5 Å². The molecule has 0 atom stereocenters. The maximum atomic E-state index is 13.4. The Bertz CT molecular complexity index is 613. The highest BCUT2D eigenvalue weighted by Crippen LogP contribution is 2.30. The van der Waals surface area contributed by atoms with E-state index < -0.39 is 0 Å². The Morgan fingerprint density at radius 3 is 2.75 bits per heavy atom. The fourth-order valence-corrected chi connectivity index (χ4v) is 3.74. The number of hydrogen-bond acceptors (Lipinski definition) is 3. The van der Waals surface area contributed by atoms with Crippen molar-refractivity contribution in [1.29, 1.82) is 0 Å². The molecule has 1 aromatic heterocycles. The summed E-state index contributed by atoms with van der Waals surface area (Å²) in [6.07, 6.45) is 0.891. The van der Waals surface area contributed by atoms with Gasteiger partial charge in [0.15, 0.2) is 0 Å². The lowest BCUT2D eigenvalue weighted by Crippen LogP contribution is -2.02. The number of nitrogens with zero attached hydrogens (tertiary/aromatic N) is 2. The second-order valence-electron chi connectivity index (χ2n) is 4.35. The third-order valence-electron chi connectivity index (χ3n) is 3.04. The molecule has 0 aliphatic carbocycles. The highest BCUT2D eigenvalue weighted by atomic mass is 79.9. The summed E-state index contributed by atoms with van der Waals surface area (Å²) in [4.78, 5) is 0.866. The monoisotopic (exact) mass is 357 g/mol. The zero-order valence-electron chi connectivity index (χ0n) is 11.5. The number of halogens is 2. The van der Waals surface area contributed by atoms with E-state index in [1.807, 2.05) is 10.7 Å². The van der Waals surface area contributed by atoms with Gasteiger partial charge < -0.3 is 5.73 Å². The van der Waals surface area contributed by atoms with E-state index >= 15 is 0 Å². The summed E-state index contributed by atoms with van der Waals surface area (Å²) >= 11 is 5.19. The fraction of sp³-hybridized carbons (Fsp3) is 0.357. The average molecular weight is 358 g/mol. The van der Waals surface area contributed by atoms with E-state index in [1.54, 1.807) is 17.8 Å². The number of nitrogen functional groups attached to an aromatic ring is 1. The van der Waals surface area contributed by atoms with E-state index in [4.69, 9.17) is 5.73 Å². The molecule has 6 heteroatoms. The van der Waals surface area contributed by atoms with Crippen molar-refractivity contribution in [3.8, 4) is 0 Å². The maximum absolute atomic E-state index is 13.4. The molecule has 2 aromatic rings. The molecule has 0 bridgehead atoms. The van der Waals surface area contributed by atoms with Crippen molar-refractivity contribution in [1.82, 2.24) is 9.78 Å². The summed E-state index contributed by atoms with van der Waals surface area (Å²) < 4.78 is 16.5. The summed E-state index contributed by atoms with van der Waals surface area (Å²) in [5.74, 6) is 0.373. The van der Waals surface area contributed by atoms with Crippen molar-refractivity contribution >= 4 is 33.4 Å². The van der Waals surface area contributed by atoms with E-state index in [1.165, 1.54) is 6.07 Å². The number of hydrogen-bond donors (Lipinski definition) is 1. The second kappa shape index (κ2) is 6.63. The van der Waals surface area contributed by atoms with Gasteiger partial charge in [-0.25, -0.2) is 4.39 Å². The Kier molecular flexibility index (Phi) is 5.10. The van der Waals surface area contributed by atoms with Crippen LogP contribution in [0.25, 0.3) is 0 Å². The molecule has 0 aliphatic heterocycles. The highest BCUT2D eigenvalue weighted by molar-refractivity contribution is 9.10. The summed E-state index contributed by atoms with van der Waals surface area (Å²) in [5.41, 5.74) is 7.86. The minimum atomic E-state index is -0.368. The molecule has 108 valence electrons. The van der Waals surface area contributed by atoms with E-state index in [9.17, 15) is 4.39 Å². The third-order valence-corrected chi connectivity index (χ3v) is 4.96. The minimum absolute atomic E-state index is 0.183. The molecule has 20 heavy (non-hydrogen) atoms. The predicted molar refractivity (Wildman–Crippen MR) is 85.4 cm³/mol. The van der Waals surface area contributed by atoms with Crippen LogP contribution in [0.2, 0.25) is 0 Å². The van der Waals surface area contributed by atoms with Crippen LogP contribution in [0, 0.1) is 5.82 Å². The molecule has 1 heterocycles. The fourth-order valence-electron chi connectivity index (χ4n) is 1.90. The van der Waals surface area contributed by atoms with Crippen LogP contribution in [-0.2, 0) is 18.7 Å². The first-order valence-corrected chi connectivity index (χ1v) is 8.26. The number of aromatic nitrogens is 2. The smallest absolute Gasteiger partial charge is 0.147 e. The molecular formula is C14H17BrFN3S. The van der Waals surface area contributed by atoms with Crippen LogP contribution in [0.3, 0.4) is 0 Å². The Morgan fingerprint density at radius 2 is 2.15 bits per heavy atom. The van der Waals surface area contributed by atoms with Crippen LogP contribution < -0.4 is 5.73 Å². The first-order chi connectivity index (χ1) is 9.56. The number of thioether (sulfide) groups is 1. The number of anilines is 1. The zero-order chi connectivity index (χ0) is 14.7. The van der Waals surface area contributed by atoms with Crippen LogP contribution in [0.4, 0.5) is 10.1 Å². The number of aryl methyl sites for hydroxylation is 2. The summed E-state index contributed by atoms with van der Waals surface area (Å²) in [5, 5.41) is 4.55. The van der Waals surface area contributed by atoms with Gasteiger partial charge in [-0.1, -0.05) is 6.92 Å². The predicted octanol–water partition coefficient (Wildman–Crippen LogP) is 4.24. The van der Waals surface area contributed by atoms with Crippen molar-refractivity contribution < 1.29 is 4.39 Å². The van der Waals surface area contributed by atoms with Gasteiger partial charge in [-0.3, -0.25) is 4.68 Å². The molecule has 0 fully saturated rings. The lowest BCUT2D eigenvalue weighted by Gasteiger charge is -2.06. The molecule has 0 spiro atoms. The molecular weight excluding hydrogens is 341 g/mol. The highest BCUT2D eigenvalue weighted by Gasteiger charge is 2.14. The van der Waals surface area contributed by atoms with Gasteiger partial charge in [-0.15, -0.1) is 11.8 Å². The van der Waals surface area contributed by atoms with Crippen LogP contribution in [-0.4, -0.2) is 9.78 Å². The molecule has 0 saturated carbocycles. The van der Waals surface area contributed by atoms with Gasteiger partial charge in [-0.2, -0.15) is 5.10 Å². The second-order valence-corrected chi connectivity index (χ2v) is 6.19. The molecule has 2 N–H and O–H groups in total. The molecule has 2 rings (SSSR count). The summed E-state index contributed by atoms with van der Waals surface area (Å²) in [7, 11) is 0. The van der Waals surface area contributed by atoms with Crippen molar-refractivity contribution in [2.75, 3.05) is 5.73 Å². The SMILES string of the molecule is CCc1nn(CC)c(CSc2ccc(N)c(F)c2)c1Br. The van der Waals surface area contributed by atoms with E-state index in [0.29, 0.717) is 0 Å². The van der Waals surface area contributed by atoms with Crippen LogP contribution >= 0.6 is 27.7 Å². The largest absolute Gasteiger partial charge is 0.396 e. The quantitative estimate of drug-likeness (QED) is 0.642.